The maximum atomic E-state index is 13.0. The molecule has 3 heterocycles. The minimum absolute atomic E-state index is 0.0153. The van der Waals surface area contributed by atoms with Crippen LogP contribution < -0.4 is 10.2 Å². The van der Waals surface area contributed by atoms with E-state index in [1.54, 1.807) is 18.2 Å². The number of hydrogen-bond acceptors (Lipinski definition) is 4. The number of fused-ring (bicyclic) bond motifs is 1. The van der Waals surface area contributed by atoms with Crippen LogP contribution in [-0.4, -0.2) is 34.9 Å². The van der Waals surface area contributed by atoms with Crippen molar-refractivity contribution in [2.75, 3.05) is 23.4 Å². The molecule has 172 valence electrons. The van der Waals surface area contributed by atoms with Gasteiger partial charge in [0.25, 0.3) is 0 Å². The number of alkyl halides is 3. The van der Waals surface area contributed by atoms with Gasteiger partial charge in [-0.3, -0.25) is 9.59 Å². The van der Waals surface area contributed by atoms with E-state index >= 15 is 0 Å². The fourth-order valence-electron chi connectivity index (χ4n) is 4.28. The van der Waals surface area contributed by atoms with Crippen molar-refractivity contribution in [3.8, 4) is 0 Å². The summed E-state index contributed by atoms with van der Waals surface area (Å²) >= 11 is 0. The van der Waals surface area contributed by atoms with Crippen LogP contribution in [-0.2, 0) is 20.5 Å². The first kappa shape index (κ1) is 21.4. The van der Waals surface area contributed by atoms with Crippen molar-refractivity contribution in [1.29, 1.82) is 0 Å². The molecule has 1 aromatic heterocycles. The molecule has 0 bridgehead atoms. The van der Waals surface area contributed by atoms with Gasteiger partial charge in [0.15, 0.2) is 0 Å². The highest BCUT2D eigenvalue weighted by atomic mass is 19.4. The number of halogens is 3. The molecule has 2 aliphatic rings. The van der Waals surface area contributed by atoms with Crippen molar-refractivity contribution in [2.45, 2.75) is 31.5 Å². The number of amides is 2. The fourth-order valence-corrected chi connectivity index (χ4v) is 4.28. The number of aromatic nitrogens is 2. The SMILES string of the molecule is O=C(Nc1ccc2nc(C3CCCO3)[nH]c2c1)C1CC(=O)N(c2cccc(C(F)(F)F)c2)C1. The number of ether oxygens (including phenoxy) is 1. The zero-order valence-corrected chi connectivity index (χ0v) is 17.5. The van der Waals surface area contributed by atoms with Gasteiger partial charge in [0.05, 0.1) is 22.5 Å². The molecule has 2 N–H and O–H groups in total. The molecular weight excluding hydrogens is 437 g/mol. The van der Waals surface area contributed by atoms with Gasteiger partial charge in [-0.15, -0.1) is 0 Å². The minimum Gasteiger partial charge on any atom is -0.370 e. The first-order chi connectivity index (χ1) is 15.8. The standard InChI is InChI=1S/C23H21F3N4O3/c24-23(25,26)14-3-1-4-16(10-14)30-12-13(9-20(30)31)22(32)27-15-6-7-17-18(11-15)29-21(28-17)19-5-2-8-33-19/h1,3-4,6-7,10-11,13,19H,2,5,8-9,12H2,(H,27,32)(H,28,29). The van der Waals surface area contributed by atoms with Gasteiger partial charge in [-0.25, -0.2) is 4.98 Å². The predicted molar refractivity (Wildman–Crippen MR) is 115 cm³/mol. The largest absolute Gasteiger partial charge is 0.416 e. The molecule has 2 aliphatic heterocycles. The third-order valence-electron chi connectivity index (χ3n) is 5.98. The molecule has 2 aromatic carbocycles. The Bertz CT molecular complexity index is 1220. The van der Waals surface area contributed by atoms with Crippen molar-refractivity contribution in [3.63, 3.8) is 0 Å². The van der Waals surface area contributed by atoms with Crippen LogP contribution in [0.1, 0.15) is 36.8 Å². The van der Waals surface area contributed by atoms with Gasteiger partial charge < -0.3 is 19.9 Å². The lowest BCUT2D eigenvalue weighted by Crippen LogP contribution is -2.28. The number of imidazole rings is 1. The molecule has 0 radical (unpaired) electrons. The number of nitrogens with zero attached hydrogens (tertiary/aromatic N) is 2. The normalized spacial score (nSPS) is 21.2. The summed E-state index contributed by atoms with van der Waals surface area (Å²) in [5.41, 5.74) is 1.35. The Morgan fingerprint density at radius 2 is 2.06 bits per heavy atom. The van der Waals surface area contributed by atoms with E-state index in [4.69, 9.17) is 4.74 Å². The van der Waals surface area contributed by atoms with Gasteiger partial charge in [-0.2, -0.15) is 13.2 Å². The topological polar surface area (TPSA) is 87.3 Å². The van der Waals surface area contributed by atoms with Crippen LogP contribution >= 0.6 is 0 Å². The van der Waals surface area contributed by atoms with E-state index in [1.807, 2.05) is 0 Å². The predicted octanol–water partition coefficient (Wildman–Crippen LogP) is 4.42. The summed E-state index contributed by atoms with van der Waals surface area (Å²) in [5, 5.41) is 2.81. The summed E-state index contributed by atoms with van der Waals surface area (Å²) in [6.45, 7) is 0.724. The second-order valence-electron chi connectivity index (χ2n) is 8.30. The second kappa shape index (κ2) is 8.18. The third-order valence-corrected chi connectivity index (χ3v) is 5.98. The van der Waals surface area contributed by atoms with E-state index < -0.39 is 17.7 Å². The van der Waals surface area contributed by atoms with Crippen molar-refractivity contribution >= 4 is 34.2 Å². The number of hydrogen-bond donors (Lipinski definition) is 2. The first-order valence-electron chi connectivity index (χ1n) is 10.7. The maximum Gasteiger partial charge on any atom is 0.416 e. The Kier molecular flexibility index (Phi) is 5.32. The van der Waals surface area contributed by atoms with Gasteiger partial charge in [-0.1, -0.05) is 6.07 Å². The van der Waals surface area contributed by atoms with Crippen molar-refractivity contribution in [2.24, 2.45) is 5.92 Å². The number of H-pyrrole nitrogens is 1. The average Bonchev–Trinajstić information content (AvgIpc) is 3.52. The molecule has 7 nitrogen and oxygen atoms in total. The Morgan fingerprint density at radius 1 is 1.21 bits per heavy atom. The van der Waals surface area contributed by atoms with E-state index in [2.05, 4.69) is 15.3 Å². The molecular formula is C23H21F3N4O3. The summed E-state index contributed by atoms with van der Waals surface area (Å²) in [6, 6.07) is 9.84. The van der Waals surface area contributed by atoms with E-state index in [9.17, 15) is 22.8 Å². The van der Waals surface area contributed by atoms with Crippen LogP contribution in [0.15, 0.2) is 42.5 Å². The van der Waals surface area contributed by atoms with E-state index in [0.717, 1.165) is 41.8 Å². The van der Waals surface area contributed by atoms with Gasteiger partial charge in [0.1, 0.15) is 11.9 Å². The van der Waals surface area contributed by atoms with Gasteiger partial charge >= 0.3 is 6.18 Å². The van der Waals surface area contributed by atoms with Crippen molar-refractivity contribution < 1.29 is 27.5 Å². The number of aromatic amines is 1. The van der Waals surface area contributed by atoms with Crippen LogP contribution in [0.2, 0.25) is 0 Å². The molecule has 2 saturated heterocycles. The Balaban J connectivity index is 1.28. The van der Waals surface area contributed by atoms with Crippen LogP contribution in [0.25, 0.3) is 11.0 Å². The zero-order chi connectivity index (χ0) is 23.2. The van der Waals surface area contributed by atoms with Crippen LogP contribution in [0, 0.1) is 5.92 Å². The van der Waals surface area contributed by atoms with Crippen LogP contribution in [0.5, 0.6) is 0 Å². The highest BCUT2D eigenvalue weighted by Crippen LogP contribution is 2.34. The van der Waals surface area contributed by atoms with E-state index in [0.29, 0.717) is 12.3 Å². The lowest BCUT2D eigenvalue weighted by atomic mass is 10.1. The summed E-state index contributed by atoms with van der Waals surface area (Å²) < 4.78 is 44.7. The van der Waals surface area contributed by atoms with Gasteiger partial charge in [0, 0.05) is 30.9 Å². The lowest BCUT2D eigenvalue weighted by molar-refractivity contribution is -0.137. The Morgan fingerprint density at radius 3 is 2.82 bits per heavy atom. The van der Waals surface area contributed by atoms with E-state index in [1.165, 1.54) is 17.0 Å². The number of anilines is 2. The highest BCUT2D eigenvalue weighted by Gasteiger charge is 2.37. The molecule has 0 aliphatic carbocycles. The molecule has 5 rings (SSSR count). The number of rotatable bonds is 4. The monoisotopic (exact) mass is 458 g/mol. The Hall–Kier alpha value is -3.40. The molecule has 0 spiro atoms. The average molecular weight is 458 g/mol. The molecule has 2 amide bonds. The Labute approximate surface area is 186 Å². The third kappa shape index (κ3) is 4.30. The molecule has 33 heavy (non-hydrogen) atoms. The lowest BCUT2D eigenvalue weighted by Gasteiger charge is -2.18. The summed E-state index contributed by atoms with van der Waals surface area (Å²) in [7, 11) is 0. The van der Waals surface area contributed by atoms with Crippen LogP contribution in [0.3, 0.4) is 0 Å². The maximum absolute atomic E-state index is 13.0. The van der Waals surface area contributed by atoms with E-state index in [-0.39, 0.29) is 36.6 Å². The molecule has 10 heteroatoms. The zero-order valence-electron chi connectivity index (χ0n) is 17.5. The summed E-state index contributed by atoms with van der Waals surface area (Å²) in [5.74, 6) is -0.674. The smallest absolute Gasteiger partial charge is 0.370 e. The number of carbonyl (C=O) groups is 2. The first-order valence-corrected chi connectivity index (χ1v) is 10.7. The van der Waals surface area contributed by atoms with Crippen molar-refractivity contribution in [1.82, 2.24) is 9.97 Å². The molecule has 0 saturated carbocycles. The second-order valence-corrected chi connectivity index (χ2v) is 8.30. The minimum atomic E-state index is -4.51. The molecule has 2 unspecified atom stereocenters. The number of benzene rings is 2. The van der Waals surface area contributed by atoms with Crippen LogP contribution in [0.4, 0.5) is 24.5 Å². The van der Waals surface area contributed by atoms with Gasteiger partial charge in [0.2, 0.25) is 11.8 Å². The van der Waals surface area contributed by atoms with Gasteiger partial charge in [-0.05, 0) is 49.2 Å². The van der Waals surface area contributed by atoms with Crippen molar-refractivity contribution in [3.05, 3.63) is 53.9 Å². The molecule has 2 atom stereocenters. The fraction of sp³-hybridized carbons (Fsp3) is 0.348. The number of carbonyl (C=O) groups excluding carboxylic acids is 2. The summed E-state index contributed by atoms with van der Waals surface area (Å²) in [4.78, 5) is 34.2. The number of nitrogens with one attached hydrogen (secondary N) is 2. The molecule has 2 fully saturated rings. The highest BCUT2D eigenvalue weighted by molar-refractivity contribution is 6.04. The summed E-state index contributed by atoms with van der Waals surface area (Å²) in [6.07, 6.45) is -2.74. The molecule has 3 aromatic rings. The quantitative estimate of drug-likeness (QED) is 0.606.